The normalized spacial score (nSPS) is 19.7. The molecule has 1 amide bonds. The van der Waals surface area contributed by atoms with Crippen molar-refractivity contribution in [2.24, 2.45) is 0 Å². The van der Waals surface area contributed by atoms with Gasteiger partial charge in [0.1, 0.15) is 5.54 Å². The van der Waals surface area contributed by atoms with Crippen LogP contribution in [0.1, 0.15) is 19.3 Å². The maximum atomic E-state index is 12.7. The number of nitrogens with zero attached hydrogens (tertiary/aromatic N) is 3. The topological polar surface area (TPSA) is 38.8 Å². The Balaban J connectivity index is 2.53. The van der Waals surface area contributed by atoms with Crippen LogP contribution in [-0.2, 0) is 4.79 Å². The third kappa shape index (κ3) is 4.84. The lowest BCUT2D eigenvalue weighted by molar-refractivity contribution is -0.137. The molecule has 0 spiro atoms. The van der Waals surface area contributed by atoms with E-state index in [1.807, 2.05) is 11.9 Å². The number of halogens is 1. The second-order valence-electron chi connectivity index (χ2n) is 5.86. The van der Waals surface area contributed by atoms with Crippen LogP contribution in [0.3, 0.4) is 0 Å². The van der Waals surface area contributed by atoms with E-state index in [2.05, 4.69) is 57.3 Å². The molecule has 1 heterocycles. The summed E-state index contributed by atoms with van der Waals surface area (Å²) in [5.41, 5.74) is -0.361. The summed E-state index contributed by atoms with van der Waals surface area (Å²) >= 11 is 2.14. The van der Waals surface area contributed by atoms with Gasteiger partial charge in [-0.2, -0.15) is 0 Å². The monoisotopic (exact) mass is 382 g/mol. The van der Waals surface area contributed by atoms with Crippen LogP contribution in [0.4, 0.5) is 0 Å². The fourth-order valence-corrected chi connectivity index (χ4v) is 3.21. The lowest BCUT2D eigenvalue weighted by atomic mass is 9.87. The van der Waals surface area contributed by atoms with E-state index in [9.17, 15) is 4.79 Å². The molecule has 6 heteroatoms. The van der Waals surface area contributed by atoms with Crippen molar-refractivity contribution in [1.82, 2.24) is 18.2 Å². The van der Waals surface area contributed by atoms with E-state index in [-0.39, 0.29) is 11.4 Å². The molecule has 0 aromatic carbocycles. The Morgan fingerprint density at radius 2 is 1.84 bits per heavy atom. The number of likely N-dealkylation sites (N-methyl/N-ethyl adjacent to an activating group) is 1. The van der Waals surface area contributed by atoms with Crippen LogP contribution >= 0.6 is 22.9 Å². The molecule has 112 valence electrons. The lowest BCUT2D eigenvalue weighted by Crippen LogP contribution is -2.59. The summed E-state index contributed by atoms with van der Waals surface area (Å²) in [6.45, 7) is 3.80. The highest BCUT2D eigenvalue weighted by molar-refractivity contribution is 14.1. The third-order valence-electron chi connectivity index (χ3n) is 3.88. The van der Waals surface area contributed by atoms with Gasteiger partial charge in [0.2, 0.25) is 5.91 Å². The number of hydrogen-bond acceptors (Lipinski definition) is 4. The Labute approximate surface area is 131 Å². The first kappa shape index (κ1) is 17.1. The molecular weight excluding hydrogens is 355 g/mol. The zero-order valence-electron chi connectivity index (χ0n) is 12.6. The number of carbonyl (C=O) groups is 1. The standard InChI is InChI=1S/C13H27IN4O/c1-16(2)8-5-9-18(4)12(19)13(15-14)6-10-17(3)11-7-13/h15H,5-11H2,1-4H3. The van der Waals surface area contributed by atoms with Crippen LogP contribution in [0, 0.1) is 0 Å². The Bertz CT molecular complexity index is 290. The average Bonchev–Trinajstić information content (AvgIpc) is 2.38. The average molecular weight is 382 g/mol. The number of rotatable bonds is 6. The highest BCUT2D eigenvalue weighted by Crippen LogP contribution is 2.25. The van der Waals surface area contributed by atoms with Gasteiger partial charge in [-0.15, -0.1) is 0 Å². The second kappa shape index (κ2) is 7.75. The van der Waals surface area contributed by atoms with Gasteiger partial charge in [0.05, 0.1) is 0 Å². The molecule has 1 aliphatic rings. The van der Waals surface area contributed by atoms with Crippen molar-refractivity contribution in [3.8, 4) is 0 Å². The van der Waals surface area contributed by atoms with Crippen molar-refractivity contribution >= 4 is 28.8 Å². The van der Waals surface area contributed by atoms with Crippen molar-refractivity contribution in [3.63, 3.8) is 0 Å². The Hall–Kier alpha value is 0.0800. The first-order chi connectivity index (χ1) is 8.91. The number of piperidine rings is 1. The van der Waals surface area contributed by atoms with Crippen molar-refractivity contribution in [3.05, 3.63) is 0 Å². The zero-order valence-corrected chi connectivity index (χ0v) is 14.7. The summed E-state index contributed by atoms with van der Waals surface area (Å²) in [5, 5.41) is 0. The van der Waals surface area contributed by atoms with Gasteiger partial charge in [-0.25, -0.2) is 3.53 Å². The number of amides is 1. The van der Waals surface area contributed by atoms with Crippen LogP contribution in [0.2, 0.25) is 0 Å². The van der Waals surface area contributed by atoms with Gasteiger partial charge in [0.25, 0.3) is 0 Å². The van der Waals surface area contributed by atoms with Crippen LogP contribution in [0.25, 0.3) is 0 Å². The molecule has 5 nitrogen and oxygen atoms in total. The van der Waals surface area contributed by atoms with Gasteiger partial charge in [0, 0.05) is 49.5 Å². The minimum Gasteiger partial charge on any atom is -0.344 e. The molecule has 1 saturated heterocycles. The number of hydrogen-bond donors (Lipinski definition) is 1. The van der Waals surface area contributed by atoms with Crippen LogP contribution in [0.15, 0.2) is 0 Å². The summed E-state index contributed by atoms with van der Waals surface area (Å²) in [6, 6.07) is 0. The summed E-state index contributed by atoms with van der Waals surface area (Å²) in [5.74, 6) is 0.244. The predicted molar refractivity (Wildman–Crippen MR) is 87.4 cm³/mol. The van der Waals surface area contributed by atoms with Crippen molar-refractivity contribution in [2.45, 2.75) is 24.8 Å². The Kier molecular flexibility index (Phi) is 6.99. The van der Waals surface area contributed by atoms with Crippen molar-refractivity contribution in [1.29, 1.82) is 0 Å². The number of carbonyl (C=O) groups excluding carboxylic acids is 1. The molecule has 0 aliphatic carbocycles. The van der Waals surface area contributed by atoms with Crippen LogP contribution < -0.4 is 3.53 Å². The van der Waals surface area contributed by atoms with E-state index in [0.717, 1.165) is 45.4 Å². The van der Waals surface area contributed by atoms with Gasteiger partial charge in [-0.3, -0.25) is 4.79 Å². The molecule has 19 heavy (non-hydrogen) atoms. The van der Waals surface area contributed by atoms with E-state index in [1.54, 1.807) is 0 Å². The molecule has 1 rings (SSSR count). The van der Waals surface area contributed by atoms with Crippen LogP contribution in [0.5, 0.6) is 0 Å². The van der Waals surface area contributed by atoms with E-state index in [0.29, 0.717) is 0 Å². The SMILES string of the molecule is CN(C)CCCN(C)C(=O)C1(NI)CCN(C)CC1. The quantitative estimate of drug-likeness (QED) is 0.545. The summed E-state index contributed by atoms with van der Waals surface area (Å²) in [7, 11) is 8.16. The minimum atomic E-state index is -0.361. The van der Waals surface area contributed by atoms with Gasteiger partial charge < -0.3 is 14.7 Å². The fraction of sp³-hybridized carbons (Fsp3) is 0.923. The predicted octanol–water partition coefficient (Wildman–Crippen LogP) is 0.800. The van der Waals surface area contributed by atoms with Crippen molar-refractivity contribution < 1.29 is 4.79 Å². The molecule has 1 fully saturated rings. The molecular formula is C13H27IN4O. The number of nitrogens with one attached hydrogen (secondary N) is 1. The lowest BCUT2D eigenvalue weighted by Gasteiger charge is -2.40. The maximum absolute atomic E-state index is 12.7. The second-order valence-corrected chi connectivity index (χ2v) is 6.40. The Morgan fingerprint density at radius 3 is 2.32 bits per heavy atom. The van der Waals surface area contributed by atoms with E-state index in [1.165, 1.54) is 0 Å². The molecule has 0 saturated carbocycles. The molecule has 1 N–H and O–H groups in total. The largest absolute Gasteiger partial charge is 0.344 e. The third-order valence-corrected chi connectivity index (χ3v) is 4.91. The minimum absolute atomic E-state index is 0.244. The fourth-order valence-electron chi connectivity index (χ4n) is 2.44. The first-order valence-electron chi connectivity index (χ1n) is 6.88. The molecule has 0 aromatic rings. The maximum Gasteiger partial charge on any atom is 0.243 e. The van der Waals surface area contributed by atoms with Gasteiger partial charge >= 0.3 is 0 Å². The zero-order chi connectivity index (χ0) is 14.5. The molecule has 0 bridgehead atoms. The highest BCUT2D eigenvalue weighted by Gasteiger charge is 2.41. The van der Waals surface area contributed by atoms with Crippen LogP contribution in [-0.4, -0.2) is 80.5 Å². The summed E-state index contributed by atoms with van der Waals surface area (Å²) in [4.78, 5) is 19.0. The van der Waals surface area contributed by atoms with E-state index < -0.39 is 0 Å². The molecule has 0 atom stereocenters. The molecule has 1 aliphatic heterocycles. The van der Waals surface area contributed by atoms with E-state index in [4.69, 9.17) is 0 Å². The smallest absolute Gasteiger partial charge is 0.243 e. The van der Waals surface area contributed by atoms with Gasteiger partial charge in [-0.05, 0) is 47.0 Å². The number of likely N-dealkylation sites (tertiary alicyclic amines) is 1. The molecule has 0 radical (unpaired) electrons. The van der Waals surface area contributed by atoms with Gasteiger partial charge in [-0.1, -0.05) is 0 Å². The summed E-state index contributed by atoms with van der Waals surface area (Å²) < 4.78 is 3.26. The van der Waals surface area contributed by atoms with Crippen molar-refractivity contribution in [2.75, 3.05) is 54.4 Å². The molecule has 0 unspecified atom stereocenters. The van der Waals surface area contributed by atoms with Gasteiger partial charge in [0.15, 0.2) is 0 Å². The molecule has 0 aromatic heterocycles. The van der Waals surface area contributed by atoms with E-state index >= 15 is 0 Å². The highest BCUT2D eigenvalue weighted by atomic mass is 127. The summed E-state index contributed by atoms with van der Waals surface area (Å²) in [6.07, 6.45) is 2.80. The first-order valence-corrected chi connectivity index (χ1v) is 7.96. The Morgan fingerprint density at radius 1 is 1.26 bits per heavy atom.